The fraction of sp³-hybridized carbons (Fsp3) is 0.125. The van der Waals surface area contributed by atoms with Crippen LogP contribution in [0, 0.1) is 10.5 Å². The summed E-state index contributed by atoms with van der Waals surface area (Å²) in [5, 5.41) is -0.404. The number of carbonyl (C=O) groups is 1. The molecule has 4 heteroatoms. The highest BCUT2D eigenvalue weighted by Crippen LogP contribution is 2.26. The van der Waals surface area contributed by atoms with Crippen LogP contribution in [-0.4, -0.2) is 5.24 Å². The van der Waals surface area contributed by atoms with Crippen LogP contribution in [0.3, 0.4) is 0 Å². The van der Waals surface area contributed by atoms with Crippen LogP contribution in [0.5, 0.6) is 0 Å². The van der Waals surface area contributed by atoms with Crippen LogP contribution in [-0.2, 0) is 0 Å². The fourth-order valence-electron chi connectivity index (χ4n) is 0.888. The largest absolute Gasteiger partial charge is 0.276 e. The molecule has 1 nitrogen and oxygen atoms in total. The Labute approximate surface area is 97.8 Å². The summed E-state index contributed by atoms with van der Waals surface area (Å²) in [5.41, 5.74) is 1.49. The molecule has 0 spiro atoms. The minimum absolute atomic E-state index is 0.404. The molecule has 1 aromatic carbocycles. The summed E-state index contributed by atoms with van der Waals surface area (Å²) in [4.78, 5) is 11.0. The Morgan fingerprint density at radius 3 is 2.58 bits per heavy atom. The van der Waals surface area contributed by atoms with Gasteiger partial charge < -0.3 is 0 Å². The molecule has 0 N–H and O–H groups in total. The fourth-order valence-corrected chi connectivity index (χ4v) is 2.47. The van der Waals surface area contributed by atoms with Gasteiger partial charge in [0.1, 0.15) is 0 Å². The normalized spacial score (nSPS) is 10.0. The smallest absolute Gasteiger partial charge is 0.253 e. The third-order valence-electron chi connectivity index (χ3n) is 1.50. The lowest BCUT2D eigenvalue weighted by molar-refractivity contribution is 0.108. The minimum atomic E-state index is -0.404. The summed E-state index contributed by atoms with van der Waals surface area (Å²) < 4.78 is 1.77. The minimum Gasteiger partial charge on any atom is -0.276 e. The van der Waals surface area contributed by atoms with Crippen LogP contribution >= 0.6 is 50.1 Å². The number of aryl methyl sites for hydroxylation is 1. The van der Waals surface area contributed by atoms with Crippen LogP contribution in [0.4, 0.5) is 0 Å². The number of carbonyl (C=O) groups excluding carboxylic acids is 1. The summed E-state index contributed by atoms with van der Waals surface area (Å²) in [7, 11) is 0. The van der Waals surface area contributed by atoms with Crippen molar-refractivity contribution in [2.75, 3.05) is 0 Å². The Kier molecular flexibility index (Phi) is 3.55. The van der Waals surface area contributed by atoms with Gasteiger partial charge in [0.15, 0.2) is 0 Å². The van der Waals surface area contributed by atoms with Crippen molar-refractivity contribution in [3.63, 3.8) is 0 Å². The van der Waals surface area contributed by atoms with Gasteiger partial charge in [-0.2, -0.15) is 0 Å². The molecular weight excluding hydrogens is 354 g/mol. The second-order valence-electron chi connectivity index (χ2n) is 2.33. The molecule has 0 aromatic heterocycles. The van der Waals surface area contributed by atoms with Gasteiger partial charge in [0.2, 0.25) is 0 Å². The molecular formula is C8H5BrClIO. The Morgan fingerprint density at radius 2 is 2.17 bits per heavy atom. The molecule has 64 valence electrons. The molecule has 1 aromatic rings. The first kappa shape index (κ1) is 10.5. The maximum atomic E-state index is 11.0. The molecule has 0 amide bonds. The summed E-state index contributed by atoms with van der Waals surface area (Å²) >= 11 is 10.8. The molecule has 0 aliphatic rings. The topological polar surface area (TPSA) is 17.1 Å². The van der Waals surface area contributed by atoms with Crippen molar-refractivity contribution in [3.8, 4) is 0 Å². The number of hydrogen-bond donors (Lipinski definition) is 0. The first-order valence-corrected chi connectivity index (χ1v) is 5.43. The van der Waals surface area contributed by atoms with Crippen LogP contribution in [0.25, 0.3) is 0 Å². The molecule has 0 unspecified atom stereocenters. The van der Waals surface area contributed by atoms with Gasteiger partial charge in [0, 0.05) is 8.04 Å². The average Bonchev–Trinajstić information content (AvgIpc) is 1.97. The van der Waals surface area contributed by atoms with Gasteiger partial charge in [-0.3, -0.25) is 4.79 Å². The van der Waals surface area contributed by atoms with Gasteiger partial charge in [-0.1, -0.05) is 6.07 Å². The van der Waals surface area contributed by atoms with E-state index in [-0.39, 0.29) is 0 Å². The third-order valence-corrected chi connectivity index (χ3v) is 4.21. The van der Waals surface area contributed by atoms with E-state index in [1.165, 1.54) is 0 Å². The van der Waals surface area contributed by atoms with Gasteiger partial charge >= 0.3 is 0 Å². The molecule has 0 aliphatic carbocycles. The molecule has 0 fully saturated rings. The SMILES string of the molecule is Cc1ccc(Br)c(I)c1C(=O)Cl. The zero-order valence-electron chi connectivity index (χ0n) is 6.20. The van der Waals surface area contributed by atoms with Crippen LogP contribution in [0.1, 0.15) is 15.9 Å². The maximum absolute atomic E-state index is 11.0. The lowest BCUT2D eigenvalue weighted by Gasteiger charge is -2.04. The highest BCUT2D eigenvalue weighted by atomic mass is 127. The van der Waals surface area contributed by atoms with E-state index in [4.69, 9.17) is 11.6 Å². The third kappa shape index (κ3) is 2.00. The van der Waals surface area contributed by atoms with Crippen LogP contribution in [0.2, 0.25) is 0 Å². The predicted molar refractivity (Wildman–Crippen MR) is 61.8 cm³/mol. The molecule has 0 saturated heterocycles. The van der Waals surface area contributed by atoms with Gasteiger partial charge in [-0.05, 0) is 68.7 Å². The number of benzene rings is 1. The van der Waals surface area contributed by atoms with Gasteiger partial charge in [0.05, 0.1) is 5.56 Å². The highest BCUT2D eigenvalue weighted by Gasteiger charge is 2.12. The van der Waals surface area contributed by atoms with Crippen molar-refractivity contribution in [2.24, 2.45) is 0 Å². The summed E-state index contributed by atoms with van der Waals surface area (Å²) in [5.74, 6) is 0. The van der Waals surface area contributed by atoms with Gasteiger partial charge in [-0.15, -0.1) is 0 Å². The van der Waals surface area contributed by atoms with Crippen molar-refractivity contribution in [1.29, 1.82) is 0 Å². The lowest BCUT2D eigenvalue weighted by atomic mass is 10.1. The summed E-state index contributed by atoms with van der Waals surface area (Å²) in [6.07, 6.45) is 0. The average molecular weight is 359 g/mol. The van der Waals surface area contributed by atoms with Crippen LogP contribution < -0.4 is 0 Å². The highest BCUT2D eigenvalue weighted by molar-refractivity contribution is 14.1. The molecule has 0 heterocycles. The molecule has 0 atom stereocenters. The zero-order valence-corrected chi connectivity index (χ0v) is 10.7. The Morgan fingerprint density at radius 1 is 1.58 bits per heavy atom. The number of halogens is 3. The molecule has 12 heavy (non-hydrogen) atoms. The lowest BCUT2D eigenvalue weighted by Crippen LogP contribution is -1.97. The molecule has 1 rings (SSSR count). The van der Waals surface area contributed by atoms with Crippen molar-refractivity contribution in [2.45, 2.75) is 6.92 Å². The van der Waals surface area contributed by atoms with E-state index in [1.807, 2.05) is 19.1 Å². The predicted octanol–water partition coefficient (Wildman–Crippen LogP) is 3.74. The van der Waals surface area contributed by atoms with E-state index >= 15 is 0 Å². The van der Waals surface area contributed by atoms with E-state index in [2.05, 4.69) is 38.5 Å². The van der Waals surface area contributed by atoms with Crippen LogP contribution in [0.15, 0.2) is 16.6 Å². The van der Waals surface area contributed by atoms with Crippen molar-refractivity contribution in [3.05, 3.63) is 31.3 Å². The second-order valence-corrected chi connectivity index (χ2v) is 4.60. The van der Waals surface area contributed by atoms with E-state index in [9.17, 15) is 4.79 Å². The number of rotatable bonds is 1. The quantitative estimate of drug-likeness (QED) is 0.551. The monoisotopic (exact) mass is 358 g/mol. The Bertz CT molecular complexity index is 338. The van der Waals surface area contributed by atoms with Gasteiger partial charge in [-0.25, -0.2) is 0 Å². The summed E-state index contributed by atoms with van der Waals surface area (Å²) in [6.45, 7) is 1.87. The first-order chi connectivity index (χ1) is 5.54. The van der Waals surface area contributed by atoms with Crippen molar-refractivity contribution >= 4 is 55.4 Å². The Hall–Kier alpha value is 0.390. The second kappa shape index (κ2) is 4.07. The molecule has 0 aliphatic heterocycles. The standard InChI is InChI=1S/C8H5BrClIO/c1-4-2-3-5(9)7(11)6(4)8(10)12/h2-3H,1H3. The van der Waals surface area contributed by atoms with E-state index < -0.39 is 5.24 Å². The number of hydrogen-bond acceptors (Lipinski definition) is 1. The van der Waals surface area contributed by atoms with Gasteiger partial charge in [0.25, 0.3) is 5.24 Å². The van der Waals surface area contributed by atoms with E-state index in [0.29, 0.717) is 5.56 Å². The zero-order chi connectivity index (χ0) is 9.30. The Balaban J connectivity index is 3.43. The molecule has 0 bridgehead atoms. The first-order valence-electron chi connectivity index (χ1n) is 3.18. The summed E-state index contributed by atoms with van der Waals surface area (Å²) in [6, 6.07) is 3.77. The van der Waals surface area contributed by atoms with Crippen molar-refractivity contribution < 1.29 is 4.79 Å². The van der Waals surface area contributed by atoms with E-state index in [0.717, 1.165) is 13.6 Å². The molecule has 0 radical (unpaired) electrons. The molecule has 0 saturated carbocycles. The maximum Gasteiger partial charge on any atom is 0.253 e. The van der Waals surface area contributed by atoms with E-state index in [1.54, 1.807) is 0 Å². The van der Waals surface area contributed by atoms with Crippen molar-refractivity contribution in [1.82, 2.24) is 0 Å².